The Morgan fingerprint density at radius 1 is 1.45 bits per heavy atom. The normalized spacial score (nSPS) is 17.9. The zero-order chi connectivity index (χ0) is 14.4. The molecule has 0 spiro atoms. The molecule has 0 aromatic heterocycles. The molecule has 3 nitrogen and oxygen atoms in total. The first kappa shape index (κ1) is 15.6. The van der Waals surface area contributed by atoms with Gasteiger partial charge in [0.05, 0.1) is 7.11 Å². The van der Waals surface area contributed by atoms with Gasteiger partial charge in [0.2, 0.25) is 0 Å². The van der Waals surface area contributed by atoms with Crippen molar-refractivity contribution in [2.75, 3.05) is 18.6 Å². The zero-order valence-electron chi connectivity index (χ0n) is 11.9. The van der Waals surface area contributed by atoms with E-state index in [-0.39, 0.29) is 11.9 Å². The highest BCUT2D eigenvalue weighted by Gasteiger charge is 2.20. The molecule has 1 aliphatic heterocycles. The molecule has 1 heterocycles. The Bertz CT molecular complexity index is 424. The maximum atomic E-state index is 14.2. The van der Waals surface area contributed by atoms with Crippen LogP contribution in [0.15, 0.2) is 18.2 Å². The van der Waals surface area contributed by atoms with Crippen molar-refractivity contribution in [2.24, 2.45) is 11.8 Å². The van der Waals surface area contributed by atoms with Crippen LogP contribution in [0, 0.1) is 11.7 Å². The molecule has 1 unspecified atom stereocenters. The third kappa shape index (κ3) is 4.11. The van der Waals surface area contributed by atoms with Crippen molar-refractivity contribution < 1.29 is 9.13 Å². The Kier molecular flexibility index (Phi) is 6.13. The Morgan fingerprint density at radius 2 is 2.20 bits per heavy atom. The van der Waals surface area contributed by atoms with Gasteiger partial charge < -0.3 is 4.74 Å². The minimum absolute atomic E-state index is 0.115. The minimum Gasteiger partial charge on any atom is -0.494 e. The van der Waals surface area contributed by atoms with Crippen LogP contribution in [0.2, 0.25) is 0 Å². The molecular weight excluding hydrogens is 275 g/mol. The number of hydrogen-bond donors (Lipinski definition) is 2. The van der Waals surface area contributed by atoms with E-state index in [0.29, 0.717) is 23.7 Å². The quantitative estimate of drug-likeness (QED) is 0.626. The largest absolute Gasteiger partial charge is 0.494 e. The molecule has 2 rings (SSSR count). The molecule has 3 N–H and O–H groups in total. The summed E-state index contributed by atoms with van der Waals surface area (Å²) in [6, 6.07) is 5.38. The SMILES string of the molecule is COc1cccc(CC(CC2CCSCC2)NN)c1F. The molecule has 0 bridgehead atoms. The van der Waals surface area contributed by atoms with E-state index in [1.807, 2.05) is 17.8 Å². The first-order chi connectivity index (χ1) is 9.74. The van der Waals surface area contributed by atoms with Gasteiger partial charge in [-0.2, -0.15) is 11.8 Å². The fraction of sp³-hybridized carbons (Fsp3) is 0.600. The molecule has 5 heteroatoms. The predicted molar refractivity (Wildman–Crippen MR) is 82.4 cm³/mol. The summed E-state index contributed by atoms with van der Waals surface area (Å²) < 4.78 is 19.2. The number of nitrogens with two attached hydrogens (primary N) is 1. The van der Waals surface area contributed by atoms with E-state index in [2.05, 4.69) is 5.43 Å². The number of halogens is 1. The summed E-state index contributed by atoms with van der Waals surface area (Å²) in [5.41, 5.74) is 3.51. The second kappa shape index (κ2) is 7.86. The Morgan fingerprint density at radius 3 is 2.85 bits per heavy atom. The number of nitrogens with one attached hydrogen (secondary N) is 1. The molecule has 112 valence electrons. The van der Waals surface area contributed by atoms with Crippen molar-refractivity contribution in [2.45, 2.75) is 31.7 Å². The van der Waals surface area contributed by atoms with E-state index in [4.69, 9.17) is 10.6 Å². The van der Waals surface area contributed by atoms with E-state index in [1.54, 1.807) is 12.1 Å². The van der Waals surface area contributed by atoms with Gasteiger partial charge in [-0.25, -0.2) is 4.39 Å². The molecule has 0 amide bonds. The van der Waals surface area contributed by atoms with Gasteiger partial charge in [-0.3, -0.25) is 11.3 Å². The number of hydrazine groups is 1. The van der Waals surface area contributed by atoms with Crippen LogP contribution in [0.4, 0.5) is 4.39 Å². The molecule has 1 aromatic rings. The summed E-state index contributed by atoms with van der Waals surface area (Å²) in [6.45, 7) is 0. The standard InChI is InChI=1S/C15H23FN2OS/c1-19-14-4-2-3-12(15(14)16)10-13(18-17)9-11-5-7-20-8-6-11/h2-4,11,13,18H,5-10,17H2,1H3. The van der Waals surface area contributed by atoms with Crippen LogP contribution in [0.1, 0.15) is 24.8 Å². The van der Waals surface area contributed by atoms with Crippen LogP contribution in [0.3, 0.4) is 0 Å². The molecule has 1 aliphatic rings. The fourth-order valence-electron chi connectivity index (χ4n) is 2.73. The maximum absolute atomic E-state index is 14.2. The molecule has 1 fully saturated rings. The lowest BCUT2D eigenvalue weighted by atomic mass is 9.91. The van der Waals surface area contributed by atoms with Crippen molar-refractivity contribution in [1.29, 1.82) is 0 Å². The first-order valence-corrected chi connectivity index (χ1v) is 8.25. The number of ether oxygens (including phenoxy) is 1. The summed E-state index contributed by atoms with van der Waals surface area (Å²) >= 11 is 2.02. The van der Waals surface area contributed by atoms with Gasteiger partial charge in [-0.15, -0.1) is 0 Å². The van der Waals surface area contributed by atoms with E-state index in [9.17, 15) is 4.39 Å². The predicted octanol–water partition coefficient (Wildman–Crippen LogP) is 2.74. The number of thioether (sulfide) groups is 1. The van der Waals surface area contributed by atoms with E-state index in [0.717, 1.165) is 6.42 Å². The van der Waals surface area contributed by atoms with Crippen molar-refractivity contribution in [3.63, 3.8) is 0 Å². The molecule has 1 atom stereocenters. The average Bonchev–Trinajstić information content (AvgIpc) is 2.49. The number of benzene rings is 1. The van der Waals surface area contributed by atoms with Gasteiger partial charge >= 0.3 is 0 Å². The zero-order valence-corrected chi connectivity index (χ0v) is 12.7. The van der Waals surface area contributed by atoms with Gasteiger partial charge in [0, 0.05) is 6.04 Å². The van der Waals surface area contributed by atoms with Gasteiger partial charge in [0.15, 0.2) is 11.6 Å². The number of methoxy groups -OCH3 is 1. The summed E-state index contributed by atoms with van der Waals surface area (Å²) in [4.78, 5) is 0. The lowest BCUT2D eigenvalue weighted by Gasteiger charge is -2.26. The highest BCUT2D eigenvalue weighted by molar-refractivity contribution is 7.99. The maximum Gasteiger partial charge on any atom is 0.168 e. The van der Waals surface area contributed by atoms with Crippen LogP contribution in [0.25, 0.3) is 0 Å². The second-order valence-electron chi connectivity index (χ2n) is 5.29. The molecule has 0 saturated carbocycles. The second-order valence-corrected chi connectivity index (χ2v) is 6.52. The monoisotopic (exact) mass is 298 g/mol. The van der Waals surface area contributed by atoms with Crippen LogP contribution in [-0.2, 0) is 6.42 Å². The van der Waals surface area contributed by atoms with Crippen LogP contribution < -0.4 is 16.0 Å². The van der Waals surface area contributed by atoms with Crippen molar-refractivity contribution in [1.82, 2.24) is 5.43 Å². The van der Waals surface area contributed by atoms with Crippen LogP contribution >= 0.6 is 11.8 Å². The van der Waals surface area contributed by atoms with Gasteiger partial charge in [0.25, 0.3) is 0 Å². The van der Waals surface area contributed by atoms with Crippen molar-refractivity contribution >= 4 is 11.8 Å². The van der Waals surface area contributed by atoms with E-state index < -0.39 is 0 Å². The topological polar surface area (TPSA) is 47.3 Å². The third-order valence-electron chi connectivity index (χ3n) is 3.92. The molecule has 20 heavy (non-hydrogen) atoms. The van der Waals surface area contributed by atoms with Crippen LogP contribution in [0.5, 0.6) is 5.75 Å². The summed E-state index contributed by atoms with van der Waals surface area (Å²) in [5.74, 6) is 8.84. The number of hydrogen-bond acceptors (Lipinski definition) is 4. The molecule has 0 radical (unpaired) electrons. The number of rotatable bonds is 6. The van der Waals surface area contributed by atoms with Crippen LogP contribution in [-0.4, -0.2) is 24.7 Å². The molecule has 0 aliphatic carbocycles. The van der Waals surface area contributed by atoms with E-state index >= 15 is 0 Å². The van der Waals surface area contributed by atoms with Gasteiger partial charge in [-0.05, 0) is 54.7 Å². The van der Waals surface area contributed by atoms with Gasteiger partial charge in [-0.1, -0.05) is 12.1 Å². The minimum atomic E-state index is -0.269. The highest BCUT2D eigenvalue weighted by atomic mass is 32.2. The molecular formula is C15H23FN2OS. The van der Waals surface area contributed by atoms with E-state index in [1.165, 1.54) is 31.5 Å². The summed E-state index contributed by atoms with van der Waals surface area (Å²) in [6.07, 6.45) is 4.09. The van der Waals surface area contributed by atoms with Crippen molar-refractivity contribution in [3.8, 4) is 5.75 Å². The Balaban J connectivity index is 1.98. The smallest absolute Gasteiger partial charge is 0.168 e. The lowest BCUT2D eigenvalue weighted by Crippen LogP contribution is -2.39. The molecule has 1 aromatic carbocycles. The fourth-order valence-corrected chi connectivity index (χ4v) is 3.94. The highest BCUT2D eigenvalue weighted by Crippen LogP contribution is 2.28. The van der Waals surface area contributed by atoms with Gasteiger partial charge in [0.1, 0.15) is 0 Å². The Hall–Kier alpha value is -0.780. The summed E-state index contributed by atoms with van der Waals surface area (Å²) in [5, 5.41) is 0. The summed E-state index contributed by atoms with van der Waals surface area (Å²) in [7, 11) is 1.49. The first-order valence-electron chi connectivity index (χ1n) is 7.09. The van der Waals surface area contributed by atoms with Crippen molar-refractivity contribution in [3.05, 3.63) is 29.6 Å². The molecule has 1 saturated heterocycles. The third-order valence-corrected chi connectivity index (χ3v) is 4.97. The Labute approximate surface area is 124 Å². The lowest BCUT2D eigenvalue weighted by molar-refractivity contribution is 0.357. The average molecular weight is 298 g/mol.